The number of esters is 3. The lowest BCUT2D eigenvalue weighted by molar-refractivity contribution is -0.167. The highest BCUT2D eigenvalue weighted by Gasteiger charge is 2.19. The number of hydrogen-bond donors (Lipinski definition) is 0. The Balaban J connectivity index is 4.35. The van der Waals surface area contributed by atoms with Gasteiger partial charge in [0.15, 0.2) is 6.10 Å². The van der Waals surface area contributed by atoms with Crippen LogP contribution in [0, 0.1) is 0 Å². The predicted octanol–water partition coefficient (Wildman–Crippen LogP) is 20.2. The summed E-state index contributed by atoms with van der Waals surface area (Å²) in [6.45, 7) is 6.51. The number of unbranched alkanes of at least 4 members (excludes halogenated alkanes) is 31. The Bertz CT molecular complexity index is 1310. The van der Waals surface area contributed by atoms with Crippen LogP contribution >= 0.6 is 0 Å². The summed E-state index contributed by atoms with van der Waals surface area (Å²) in [6, 6.07) is 0. The first-order chi connectivity index (χ1) is 34.5. The fraction of sp³-hybridized carbons (Fsp3) is 0.766. The molecular weight excluding hydrogens is 865 g/mol. The number of carbonyl (C=O) groups excluding carboxylic acids is 3. The van der Waals surface area contributed by atoms with Gasteiger partial charge in [-0.3, -0.25) is 14.4 Å². The first-order valence-electron chi connectivity index (χ1n) is 29.9. The molecule has 0 aliphatic rings. The molecule has 0 heterocycles. The van der Waals surface area contributed by atoms with Crippen LogP contribution in [0.15, 0.2) is 72.9 Å². The number of rotatable bonds is 54. The molecule has 404 valence electrons. The predicted molar refractivity (Wildman–Crippen MR) is 302 cm³/mol. The van der Waals surface area contributed by atoms with E-state index >= 15 is 0 Å². The highest BCUT2D eigenvalue weighted by atomic mass is 16.6. The minimum absolute atomic E-state index is 0.0867. The Kier molecular flexibility index (Phi) is 55.8. The first kappa shape index (κ1) is 66.9. The van der Waals surface area contributed by atoms with Gasteiger partial charge in [-0.2, -0.15) is 0 Å². The monoisotopic (exact) mass is 977 g/mol. The van der Waals surface area contributed by atoms with E-state index in [0.29, 0.717) is 19.3 Å². The third kappa shape index (κ3) is 55.8. The maximum absolute atomic E-state index is 12.9. The maximum Gasteiger partial charge on any atom is 0.306 e. The molecule has 0 saturated carbocycles. The van der Waals surface area contributed by atoms with Crippen molar-refractivity contribution in [3.8, 4) is 0 Å². The van der Waals surface area contributed by atoms with Gasteiger partial charge in [-0.25, -0.2) is 0 Å². The van der Waals surface area contributed by atoms with Gasteiger partial charge >= 0.3 is 17.9 Å². The molecule has 1 atom stereocenters. The van der Waals surface area contributed by atoms with Crippen LogP contribution in [-0.4, -0.2) is 37.2 Å². The van der Waals surface area contributed by atoms with Crippen molar-refractivity contribution >= 4 is 17.9 Å². The van der Waals surface area contributed by atoms with E-state index < -0.39 is 6.10 Å². The lowest BCUT2D eigenvalue weighted by Gasteiger charge is -2.18. The Morgan fingerprint density at radius 1 is 0.300 bits per heavy atom. The summed E-state index contributed by atoms with van der Waals surface area (Å²) >= 11 is 0. The molecule has 0 N–H and O–H groups in total. The maximum atomic E-state index is 12.9. The summed E-state index contributed by atoms with van der Waals surface area (Å²) in [5.41, 5.74) is 0. The standard InChI is InChI=1S/C64H112O6/c1-4-7-10-13-16-19-22-25-27-29-30-31-32-33-34-35-37-39-42-45-48-51-54-57-63(66)69-60-61(59-68-62(65)56-53-50-47-44-41-38-24-21-18-15-12-9-6-3)70-64(67)58-55-52-49-46-43-40-36-28-26-23-20-17-14-11-8-5-2/h9,12,18,21-22,25,29-30,32-33,38,41,61H,4-8,10-11,13-17,19-20,23-24,26-28,31,34-37,39-40,42-60H2,1-3H3/b12-9-,21-18-,25-22-,30-29-,33-32-,41-38-. The van der Waals surface area contributed by atoms with Gasteiger partial charge in [-0.1, -0.05) is 261 Å². The minimum atomic E-state index is -0.789. The third-order valence-electron chi connectivity index (χ3n) is 12.9. The second-order valence-corrected chi connectivity index (χ2v) is 19.9. The highest BCUT2D eigenvalue weighted by molar-refractivity contribution is 5.71. The molecule has 0 saturated heterocycles. The van der Waals surface area contributed by atoms with E-state index in [0.717, 1.165) is 103 Å². The summed E-state index contributed by atoms with van der Waals surface area (Å²) in [6.07, 6.45) is 74.7. The van der Waals surface area contributed by atoms with E-state index in [1.54, 1.807) is 0 Å². The normalized spacial score (nSPS) is 12.6. The van der Waals surface area contributed by atoms with Crippen molar-refractivity contribution in [2.24, 2.45) is 0 Å². The van der Waals surface area contributed by atoms with Gasteiger partial charge in [0.25, 0.3) is 0 Å². The van der Waals surface area contributed by atoms with E-state index in [4.69, 9.17) is 14.2 Å². The SMILES string of the molecule is CC/C=C\C/C=C\C/C=C\CCCCCC(=O)OCC(COC(=O)CCCCCCCCCC/C=C\C/C=C\C/C=C\CCCCCCC)OC(=O)CCCCCCCCCCCCCCCCCC. The molecule has 6 heteroatoms. The van der Waals surface area contributed by atoms with Gasteiger partial charge < -0.3 is 14.2 Å². The van der Waals surface area contributed by atoms with Crippen molar-refractivity contribution in [2.45, 2.75) is 303 Å². The first-order valence-corrected chi connectivity index (χ1v) is 29.9. The molecule has 0 aliphatic heterocycles. The van der Waals surface area contributed by atoms with Crippen molar-refractivity contribution in [1.82, 2.24) is 0 Å². The fourth-order valence-corrected chi connectivity index (χ4v) is 8.47. The van der Waals surface area contributed by atoms with Crippen LogP contribution in [0.1, 0.15) is 297 Å². The number of ether oxygens (including phenoxy) is 3. The van der Waals surface area contributed by atoms with Crippen molar-refractivity contribution < 1.29 is 28.6 Å². The molecule has 0 fully saturated rings. The van der Waals surface area contributed by atoms with Gasteiger partial charge in [0.05, 0.1) is 0 Å². The van der Waals surface area contributed by atoms with Crippen molar-refractivity contribution in [3.63, 3.8) is 0 Å². The van der Waals surface area contributed by atoms with E-state index in [9.17, 15) is 14.4 Å². The van der Waals surface area contributed by atoms with Gasteiger partial charge in [-0.15, -0.1) is 0 Å². The average molecular weight is 978 g/mol. The van der Waals surface area contributed by atoms with Crippen LogP contribution in [-0.2, 0) is 28.6 Å². The van der Waals surface area contributed by atoms with Crippen LogP contribution in [0.4, 0.5) is 0 Å². The lowest BCUT2D eigenvalue weighted by atomic mass is 10.0. The van der Waals surface area contributed by atoms with Crippen molar-refractivity contribution in [2.75, 3.05) is 13.2 Å². The number of hydrogen-bond acceptors (Lipinski definition) is 6. The Morgan fingerprint density at radius 2 is 0.557 bits per heavy atom. The van der Waals surface area contributed by atoms with Crippen LogP contribution < -0.4 is 0 Å². The Labute approximate surface area is 433 Å². The molecule has 0 rings (SSSR count). The quantitative estimate of drug-likeness (QED) is 0.0261. The average Bonchev–Trinajstić information content (AvgIpc) is 3.36. The lowest BCUT2D eigenvalue weighted by Crippen LogP contribution is -2.30. The fourth-order valence-electron chi connectivity index (χ4n) is 8.47. The smallest absolute Gasteiger partial charge is 0.306 e. The summed E-state index contributed by atoms with van der Waals surface area (Å²) in [5, 5.41) is 0. The highest BCUT2D eigenvalue weighted by Crippen LogP contribution is 2.16. The zero-order chi connectivity index (χ0) is 50.7. The molecular formula is C64H112O6. The molecule has 6 nitrogen and oxygen atoms in total. The van der Waals surface area contributed by atoms with Gasteiger partial charge in [-0.05, 0) is 89.9 Å². The van der Waals surface area contributed by atoms with Crippen LogP contribution in [0.25, 0.3) is 0 Å². The van der Waals surface area contributed by atoms with Crippen molar-refractivity contribution in [3.05, 3.63) is 72.9 Å². The molecule has 0 aliphatic carbocycles. The van der Waals surface area contributed by atoms with E-state index in [-0.39, 0.29) is 31.1 Å². The summed E-state index contributed by atoms with van der Waals surface area (Å²) in [5.74, 6) is -0.912. The Hall–Kier alpha value is -3.15. The summed E-state index contributed by atoms with van der Waals surface area (Å²) in [4.78, 5) is 38.2. The van der Waals surface area contributed by atoms with Crippen LogP contribution in [0.2, 0.25) is 0 Å². The topological polar surface area (TPSA) is 78.9 Å². The number of allylic oxidation sites excluding steroid dienone is 12. The van der Waals surface area contributed by atoms with Gasteiger partial charge in [0, 0.05) is 19.3 Å². The molecule has 0 spiro atoms. The largest absolute Gasteiger partial charge is 0.462 e. The molecule has 1 unspecified atom stereocenters. The molecule has 70 heavy (non-hydrogen) atoms. The summed E-state index contributed by atoms with van der Waals surface area (Å²) in [7, 11) is 0. The van der Waals surface area contributed by atoms with Crippen LogP contribution in [0.3, 0.4) is 0 Å². The molecule has 0 amide bonds. The van der Waals surface area contributed by atoms with E-state index in [2.05, 4.69) is 93.7 Å². The zero-order valence-electron chi connectivity index (χ0n) is 46.3. The van der Waals surface area contributed by atoms with Gasteiger partial charge in [0.1, 0.15) is 13.2 Å². The summed E-state index contributed by atoms with van der Waals surface area (Å²) < 4.78 is 16.9. The molecule has 0 aromatic carbocycles. The molecule has 0 aromatic heterocycles. The second-order valence-electron chi connectivity index (χ2n) is 19.9. The second kappa shape index (κ2) is 58.4. The minimum Gasteiger partial charge on any atom is -0.462 e. The molecule has 0 radical (unpaired) electrons. The molecule has 0 aromatic rings. The van der Waals surface area contributed by atoms with Crippen LogP contribution in [0.5, 0.6) is 0 Å². The van der Waals surface area contributed by atoms with Crippen molar-refractivity contribution in [1.29, 1.82) is 0 Å². The zero-order valence-corrected chi connectivity index (χ0v) is 46.3. The van der Waals surface area contributed by atoms with E-state index in [1.807, 2.05) is 0 Å². The molecule has 0 bridgehead atoms. The Morgan fingerprint density at radius 3 is 0.886 bits per heavy atom. The van der Waals surface area contributed by atoms with E-state index in [1.165, 1.54) is 154 Å². The van der Waals surface area contributed by atoms with Gasteiger partial charge in [0.2, 0.25) is 0 Å². The number of carbonyl (C=O) groups is 3. The third-order valence-corrected chi connectivity index (χ3v) is 12.9.